The van der Waals surface area contributed by atoms with Crippen molar-refractivity contribution in [3.05, 3.63) is 250 Å². The zero-order valence-corrected chi connectivity index (χ0v) is 30.3. The topological polar surface area (TPSA) is 18.5 Å². The van der Waals surface area contributed by atoms with Gasteiger partial charge in [0.05, 0.1) is 10.8 Å². The lowest BCUT2D eigenvalue weighted by Gasteiger charge is -2.59. The van der Waals surface area contributed by atoms with Crippen molar-refractivity contribution in [1.29, 1.82) is 0 Å². The van der Waals surface area contributed by atoms with Crippen LogP contribution >= 0.6 is 0 Å². The number of rotatable bonds is 0. The lowest BCUT2D eigenvalue weighted by molar-refractivity contribution is 0.319. The molecule has 8 aromatic carbocycles. The summed E-state index contributed by atoms with van der Waals surface area (Å²) in [4.78, 5) is 0. The molecule has 0 atom stereocenters. The van der Waals surface area contributed by atoms with Crippen LogP contribution in [0.15, 0.2) is 194 Å². The van der Waals surface area contributed by atoms with Gasteiger partial charge >= 0.3 is 0 Å². The number of hydrogen-bond donors (Lipinski definition) is 0. The van der Waals surface area contributed by atoms with Crippen molar-refractivity contribution in [2.24, 2.45) is 0 Å². The van der Waals surface area contributed by atoms with Crippen molar-refractivity contribution in [3.63, 3.8) is 0 Å². The highest BCUT2D eigenvalue weighted by molar-refractivity contribution is 5.94. The lowest BCUT2D eigenvalue weighted by atomic mass is 9.42. The number of benzene rings is 8. The second-order valence-corrected chi connectivity index (χ2v) is 14.4. The summed E-state index contributed by atoms with van der Waals surface area (Å²) in [6.45, 7) is 0. The van der Waals surface area contributed by atoms with Crippen LogP contribution in [-0.2, 0) is 10.8 Å². The van der Waals surface area contributed by atoms with Crippen LogP contribution < -0.4 is 9.47 Å². The average molecular weight is 713 g/mol. The molecule has 2 heterocycles. The summed E-state index contributed by atoms with van der Waals surface area (Å²) in [7, 11) is 0. The molecular weight excluding hydrogens is 681 g/mol. The summed E-state index contributed by atoms with van der Waals surface area (Å²) < 4.78 is 13.8. The molecule has 3 aliphatic rings. The van der Waals surface area contributed by atoms with Gasteiger partial charge in [0.15, 0.2) is 0 Å². The zero-order chi connectivity index (χ0) is 37.1. The largest absolute Gasteiger partial charge is 0.457 e. The van der Waals surface area contributed by atoms with Gasteiger partial charge in [-0.25, -0.2) is 0 Å². The number of fused-ring (bicyclic) bond motifs is 14. The van der Waals surface area contributed by atoms with Gasteiger partial charge in [-0.15, -0.1) is 0 Å². The maximum absolute atomic E-state index is 6.88. The van der Waals surface area contributed by atoms with Crippen LogP contribution in [0.2, 0.25) is 0 Å². The second-order valence-electron chi connectivity index (χ2n) is 14.4. The Hall–Kier alpha value is -7.52. The molecule has 56 heavy (non-hydrogen) atoms. The van der Waals surface area contributed by atoms with E-state index in [1.807, 2.05) is 36.4 Å². The van der Waals surface area contributed by atoms with E-state index in [2.05, 4.69) is 181 Å². The Morgan fingerprint density at radius 2 is 0.571 bits per heavy atom. The Kier molecular flexibility index (Phi) is 7.15. The molecule has 260 valence electrons. The van der Waals surface area contributed by atoms with E-state index in [-0.39, 0.29) is 0 Å². The maximum Gasteiger partial charge on any atom is 0.131 e. The highest BCUT2D eigenvalue weighted by Gasteiger charge is 2.66. The van der Waals surface area contributed by atoms with Crippen molar-refractivity contribution in [3.8, 4) is 57.8 Å². The third-order valence-electron chi connectivity index (χ3n) is 11.6. The van der Waals surface area contributed by atoms with E-state index in [1.165, 1.54) is 0 Å². The van der Waals surface area contributed by atoms with Crippen molar-refractivity contribution in [2.45, 2.75) is 10.8 Å². The Morgan fingerprint density at radius 1 is 0.268 bits per heavy atom. The van der Waals surface area contributed by atoms with Crippen LogP contribution in [0.3, 0.4) is 0 Å². The number of para-hydroxylation sites is 4. The van der Waals surface area contributed by atoms with Crippen molar-refractivity contribution in [1.82, 2.24) is 0 Å². The van der Waals surface area contributed by atoms with Gasteiger partial charge in [0.1, 0.15) is 23.0 Å². The first-order valence-corrected chi connectivity index (χ1v) is 18.9. The molecular formula is C54H32O2. The Balaban J connectivity index is 1.39. The fourth-order valence-corrected chi connectivity index (χ4v) is 9.58. The summed E-state index contributed by atoms with van der Waals surface area (Å²) in [5.41, 5.74) is 10.8. The van der Waals surface area contributed by atoms with Gasteiger partial charge in [-0.1, -0.05) is 157 Å². The first-order chi connectivity index (χ1) is 27.8. The monoisotopic (exact) mass is 712 g/mol. The molecule has 11 rings (SSSR count). The standard InChI is InChI=1S/C54H32O2/c1-3-17-37(18-4-1)33-35-39-21-15-27-45-51(39)52-40(36-34-38-19-5-2-6-20-38)22-16-28-46(52)54(43-25-9-13-31-49(43)56-50-32-14-10-26-44(50)54)53(45)41-23-7-11-29-47(41)55-48-30-12-8-24-42(48)53/h1-32H. The molecule has 0 amide bonds. The third kappa shape index (κ3) is 4.42. The number of ether oxygens (including phenoxy) is 2. The van der Waals surface area contributed by atoms with Crippen molar-refractivity contribution < 1.29 is 9.47 Å². The van der Waals surface area contributed by atoms with Gasteiger partial charge in [0.2, 0.25) is 0 Å². The Bertz CT molecular complexity index is 2690. The molecule has 2 heteroatoms. The molecule has 0 radical (unpaired) electrons. The minimum Gasteiger partial charge on any atom is -0.457 e. The van der Waals surface area contributed by atoms with E-state index >= 15 is 0 Å². The second kappa shape index (κ2) is 12.5. The van der Waals surface area contributed by atoms with Gasteiger partial charge in [-0.2, -0.15) is 0 Å². The van der Waals surface area contributed by atoms with Crippen LogP contribution in [-0.4, -0.2) is 0 Å². The molecule has 0 bridgehead atoms. The molecule has 0 saturated carbocycles. The molecule has 1 aliphatic carbocycles. The summed E-state index contributed by atoms with van der Waals surface area (Å²) >= 11 is 0. The summed E-state index contributed by atoms with van der Waals surface area (Å²) in [6, 6.07) is 68.0. The van der Waals surface area contributed by atoms with Crippen LogP contribution in [0.5, 0.6) is 23.0 Å². The quantitative estimate of drug-likeness (QED) is 0.146. The first kappa shape index (κ1) is 32.0. The SMILES string of the molecule is C(#Cc1cccc2c1-c1c(C#Cc3ccccc3)cccc1C1(c3ccccc3Oc3ccccc31)C21c2ccccc2Oc2ccccc21)c1ccccc1. The fraction of sp³-hybridized carbons (Fsp3) is 0.0370. The molecule has 2 nitrogen and oxygen atoms in total. The predicted molar refractivity (Wildman–Crippen MR) is 222 cm³/mol. The van der Waals surface area contributed by atoms with E-state index in [9.17, 15) is 0 Å². The highest BCUT2D eigenvalue weighted by atomic mass is 16.5. The molecule has 8 aromatic rings. The summed E-state index contributed by atoms with van der Waals surface area (Å²) in [5.74, 6) is 17.7. The van der Waals surface area contributed by atoms with E-state index < -0.39 is 10.8 Å². The van der Waals surface area contributed by atoms with Gasteiger partial charge in [0, 0.05) is 55.6 Å². The van der Waals surface area contributed by atoms with E-state index in [0.717, 1.165) is 89.8 Å². The molecule has 0 fully saturated rings. The molecule has 0 aromatic heterocycles. The van der Waals surface area contributed by atoms with Gasteiger partial charge in [-0.05, 0) is 71.8 Å². The van der Waals surface area contributed by atoms with Gasteiger partial charge in [0.25, 0.3) is 0 Å². The zero-order valence-electron chi connectivity index (χ0n) is 30.3. The Labute approximate surface area is 326 Å². The highest BCUT2D eigenvalue weighted by Crippen LogP contribution is 2.72. The van der Waals surface area contributed by atoms with Crippen LogP contribution in [0.25, 0.3) is 11.1 Å². The van der Waals surface area contributed by atoms with Crippen LogP contribution in [0.4, 0.5) is 0 Å². The lowest BCUT2D eigenvalue weighted by Crippen LogP contribution is -2.57. The first-order valence-electron chi connectivity index (χ1n) is 18.9. The molecule has 0 saturated heterocycles. The molecule has 2 aliphatic heterocycles. The van der Waals surface area contributed by atoms with Crippen LogP contribution in [0, 0.1) is 23.7 Å². The minimum atomic E-state index is -0.868. The maximum atomic E-state index is 6.88. The van der Waals surface area contributed by atoms with E-state index in [1.54, 1.807) is 0 Å². The average Bonchev–Trinajstić information content (AvgIpc) is 3.26. The van der Waals surface area contributed by atoms with Gasteiger partial charge in [-0.3, -0.25) is 0 Å². The van der Waals surface area contributed by atoms with E-state index in [0.29, 0.717) is 0 Å². The number of hydrogen-bond acceptors (Lipinski definition) is 2. The predicted octanol–water partition coefficient (Wildman–Crippen LogP) is 12.0. The Morgan fingerprint density at radius 3 is 0.929 bits per heavy atom. The normalized spacial score (nSPS) is 14.0. The summed E-state index contributed by atoms with van der Waals surface area (Å²) in [5, 5.41) is 0. The minimum absolute atomic E-state index is 0.822. The molecule has 0 unspecified atom stereocenters. The summed E-state index contributed by atoms with van der Waals surface area (Å²) in [6.07, 6.45) is 0. The van der Waals surface area contributed by atoms with Crippen LogP contribution in [0.1, 0.15) is 55.6 Å². The molecule has 2 spiro atoms. The fourth-order valence-electron chi connectivity index (χ4n) is 9.58. The molecule has 0 N–H and O–H groups in total. The third-order valence-corrected chi connectivity index (χ3v) is 11.6. The van der Waals surface area contributed by atoms with Crippen molar-refractivity contribution >= 4 is 0 Å². The van der Waals surface area contributed by atoms with E-state index in [4.69, 9.17) is 9.47 Å². The smallest absolute Gasteiger partial charge is 0.131 e. The van der Waals surface area contributed by atoms with Crippen molar-refractivity contribution in [2.75, 3.05) is 0 Å². The van der Waals surface area contributed by atoms with Gasteiger partial charge < -0.3 is 9.47 Å².